The molecule has 1 aromatic carbocycles. The van der Waals surface area contributed by atoms with Crippen molar-refractivity contribution >= 4 is 23.2 Å². The average molecular weight is 205 g/mol. The predicted molar refractivity (Wildman–Crippen MR) is 52.4 cm³/mol. The van der Waals surface area contributed by atoms with Gasteiger partial charge in [0.25, 0.3) is 0 Å². The lowest BCUT2D eigenvalue weighted by Gasteiger charge is -2.04. The molecule has 3 heteroatoms. The van der Waals surface area contributed by atoms with Gasteiger partial charge in [0.1, 0.15) is 5.75 Å². The summed E-state index contributed by atoms with van der Waals surface area (Å²) >= 11 is 11.4. The summed E-state index contributed by atoms with van der Waals surface area (Å²) in [5, 5.41) is 0.635. The van der Waals surface area contributed by atoms with E-state index in [4.69, 9.17) is 27.9 Å². The van der Waals surface area contributed by atoms with Crippen LogP contribution in [0.15, 0.2) is 18.2 Å². The summed E-state index contributed by atoms with van der Waals surface area (Å²) in [5.74, 6) is 1.32. The summed E-state index contributed by atoms with van der Waals surface area (Å²) in [6, 6.07) is 5.68. The van der Waals surface area contributed by atoms with Gasteiger partial charge in [0.2, 0.25) is 0 Å². The number of rotatable bonds is 3. The molecule has 12 heavy (non-hydrogen) atoms. The first-order valence-electron chi connectivity index (χ1n) is 3.66. The normalized spacial score (nSPS) is 9.92. The maximum absolute atomic E-state index is 5.84. The lowest BCUT2D eigenvalue weighted by molar-refractivity contribution is 0.414. The number of aryl methyl sites for hydroxylation is 1. The summed E-state index contributed by atoms with van der Waals surface area (Å²) in [5.41, 5.74) is 1.14. The average Bonchev–Trinajstić information content (AvgIpc) is 2.09. The zero-order chi connectivity index (χ0) is 8.97. The number of halogens is 2. The molecular formula is C9H10Cl2O. The number of hydrogen-bond donors (Lipinski definition) is 0. The highest BCUT2D eigenvalue weighted by molar-refractivity contribution is 6.32. The topological polar surface area (TPSA) is 9.23 Å². The van der Waals surface area contributed by atoms with E-state index in [9.17, 15) is 0 Å². The first kappa shape index (κ1) is 9.69. The van der Waals surface area contributed by atoms with Gasteiger partial charge in [0.05, 0.1) is 12.1 Å². The van der Waals surface area contributed by atoms with Crippen LogP contribution in [0.4, 0.5) is 0 Å². The van der Waals surface area contributed by atoms with Crippen molar-refractivity contribution in [2.24, 2.45) is 0 Å². The van der Waals surface area contributed by atoms with Gasteiger partial charge in [0.15, 0.2) is 0 Å². The van der Waals surface area contributed by atoms with E-state index in [0.29, 0.717) is 16.7 Å². The zero-order valence-corrected chi connectivity index (χ0v) is 8.32. The van der Waals surface area contributed by atoms with Gasteiger partial charge >= 0.3 is 0 Å². The number of hydrogen-bond acceptors (Lipinski definition) is 1. The first-order valence-corrected chi connectivity index (χ1v) is 4.57. The summed E-state index contributed by atoms with van der Waals surface area (Å²) in [4.78, 5) is 0. The SMILES string of the molecule is COc1cc(CCCl)ccc1Cl. The Bertz CT molecular complexity index is 261. The van der Waals surface area contributed by atoms with E-state index in [1.165, 1.54) is 0 Å². The molecule has 0 bridgehead atoms. The number of benzene rings is 1. The minimum absolute atomic E-state index is 0.616. The number of methoxy groups -OCH3 is 1. The van der Waals surface area contributed by atoms with Gasteiger partial charge in [-0.1, -0.05) is 17.7 Å². The van der Waals surface area contributed by atoms with Gasteiger partial charge in [-0.2, -0.15) is 0 Å². The van der Waals surface area contributed by atoms with E-state index < -0.39 is 0 Å². The molecule has 0 saturated heterocycles. The fraction of sp³-hybridized carbons (Fsp3) is 0.333. The van der Waals surface area contributed by atoms with Crippen molar-refractivity contribution in [2.75, 3.05) is 13.0 Å². The molecule has 0 unspecified atom stereocenters. The predicted octanol–water partition coefficient (Wildman–Crippen LogP) is 3.13. The van der Waals surface area contributed by atoms with Crippen molar-refractivity contribution in [2.45, 2.75) is 6.42 Å². The monoisotopic (exact) mass is 204 g/mol. The maximum atomic E-state index is 5.84. The van der Waals surface area contributed by atoms with Crippen LogP contribution in [-0.2, 0) is 6.42 Å². The Morgan fingerprint density at radius 3 is 2.75 bits per heavy atom. The Morgan fingerprint density at radius 1 is 1.42 bits per heavy atom. The lowest BCUT2D eigenvalue weighted by Crippen LogP contribution is -1.89. The fourth-order valence-electron chi connectivity index (χ4n) is 0.969. The quantitative estimate of drug-likeness (QED) is 0.688. The summed E-state index contributed by atoms with van der Waals surface area (Å²) in [6.45, 7) is 0. The van der Waals surface area contributed by atoms with Crippen LogP contribution < -0.4 is 4.74 Å². The summed E-state index contributed by atoms with van der Waals surface area (Å²) in [6.07, 6.45) is 0.842. The molecule has 0 aliphatic heterocycles. The first-order chi connectivity index (χ1) is 5.77. The van der Waals surface area contributed by atoms with E-state index in [-0.39, 0.29) is 0 Å². The molecule has 0 atom stereocenters. The largest absolute Gasteiger partial charge is 0.495 e. The van der Waals surface area contributed by atoms with Crippen LogP contribution in [-0.4, -0.2) is 13.0 Å². The van der Waals surface area contributed by atoms with Gasteiger partial charge in [-0.05, 0) is 24.1 Å². The van der Waals surface area contributed by atoms with Crippen LogP contribution in [0.3, 0.4) is 0 Å². The fourth-order valence-corrected chi connectivity index (χ4v) is 1.38. The Hall–Kier alpha value is -0.400. The third-order valence-electron chi connectivity index (χ3n) is 1.60. The summed E-state index contributed by atoms with van der Waals surface area (Å²) in [7, 11) is 1.60. The minimum atomic E-state index is 0.616. The molecule has 0 aromatic heterocycles. The van der Waals surface area contributed by atoms with Gasteiger partial charge in [-0.3, -0.25) is 0 Å². The number of ether oxygens (including phenoxy) is 1. The molecule has 0 spiro atoms. The molecule has 66 valence electrons. The van der Waals surface area contributed by atoms with Crippen molar-refractivity contribution in [3.8, 4) is 5.75 Å². The van der Waals surface area contributed by atoms with Crippen molar-refractivity contribution in [3.63, 3.8) is 0 Å². The molecule has 0 radical (unpaired) electrons. The van der Waals surface area contributed by atoms with Crippen molar-refractivity contribution < 1.29 is 4.74 Å². The van der Waals surface area contributed by atoms with E-state index in [0.717, 1.165) is 12.0 Å². The Labute approximate surface area is 82.2 Å². The van der Waals surface area contributed by atoms with E-state index in [1.54, 1.807) is 7.11 Å². The third kappa shape index (κ3) is 2.29. The summed E-state index contributed by atoms with van der Waals surface area (Å²) < 4.78 is 5.06. The van der Waals surface area contributed by atoms with Gasteiger partial charge < -0.3 is 4.74 Å². The molecule has 1 nitrogen and oxygen atoms in total. The highest BCUT2D eigenvalue weighted by Gasteiger charge is 2.00. The van der Waals surface area contributed by atoms with Crippen LogP contribution in [0.5, 0.6) is 5.75 Å². The van der Waals surface area contributed by atoms with Crippen LogP contribution in [0.25, 0.3) is 0 Å². The molecule has 0 amide bonds. The van der Waals surface area contributed by atoms with Gasteiger partial charge in [-0.15, -0.1) is 11.6 Å². The second-order valence-corrected chi connectivity index (χ2v) is 3.19. The van der Waals surface area contributed by atoms with Crippen LogP contribution in [0.1, 0.15) is 5.56 Å². The standard InChI is InChI=1S/C9H10Cl2O/c1-12-9-6-7(4-5-10)2-3-8(9)11/h2-3,6H,4-5H2,1H3. The van der Waals surface area contributed by atoms with Crippen molar-refractivity contribution in [3.05, 3.63) is 28.8 Å². The molecule has 0 fully saturated rings. The van der Waals surface area contributed by atoms with Crippen molar-refractivity contribution in [1.29, 1.82) is 0 Å². The number of alkyl halides is 1. The molecule has 1 rings (SSSR count). The molecule has 0 saturated carbocycles. The molecule has 0 aliphatic carbocycles. The Morgan fingerprint density at radius 2 is 2.17 bits per heavy atom. The third-order valence-corrected chi connectivity index (χ3v) is 2.10. The zero-order valence-electron chi connectivity index (χ0n) is 6.81. The van der Waals surface area contributed by atoms with Crippen molar-refractivity contribution in [1.82, 2.24) is 0 Å². The smallest absolute Gasteiger partial charge is 0.137 e. The molecule has 0 N–H and O–H groups in total. The Balaban J connectivity index is 2.89. The maximum Gasteiger partial charge on any atom is 0.137 e. The van der Waals surface area contributed by atoms with Gasteiger partial charge in [-0.25, -0.2) is 0 Å². The second kappa shape index (κ2) is 4.58. The van der Waals surface area contributed by atoms with Crippen LogP contribution in [0, 0.1) is 0 Å². The molecule has 1 aromatic rings. The molecular weight excluding hydrogens is 195 g/mol. The van der Waals surface area contributed by atoms with Crippen LogP contribution >= 0.6 is 23.2 Å². The molecule has 0 aliphatic rings. The second-order valence-electron chi connectivity index (χ2n) is 2.41. The lowest BCUT2D eigenvalue weighted by atomic mass is 10.2. The highest BCUT2D eigenvalue weighted by atomic mass is 35.5. The van der Waals surface area contributed by atoms with Crippen LogP contribution in [0.2, 0.25) is 5.02 Å². The minimum Gasteiger partial charge on any atom is -0.495 e. The highest BCUT2D eigenvalue weighted by Crippen LogP contribution is 2.25. The Kier molecular flexibility index (Phi) is 3.70. The van der Waals surface area contributed by atoms with E-state index >= 15 is 0 Å². The molecule has 0 heterocycles. The van der Waals surface area contributed by atoms with E-state index in [2.05, 4.69) is 0 Å². The van der Waals surface area contributed by atoms with E-state index in [1.807, 2.05) is 18.2 Å². The van der Waals surface area contributed by atoms with Gasteiger partial charge in [0, 0.05) is 5.88 Å².